The molecule has 3 aromatic carbocycles. The van der Waals surface area contributed by atoms with Gasteiger partial charge < -0.3 is 5.32 Å². The molecule has 1 heterocycles. The Morgan fingerprint density at radius 1 is 0.875 bits per heavy atom. The Morgan fingerprint density at radius 3 is 2.31 bits per heavy atom. The molecule has 5 nitrogen and oxygen atoms in total. The highest BCUT2D eigenvalue weighted by atomic mass is 32.2. The Kier molecular flexibility index (Phi) is 6.22. The summed E-state index contributed by atoms with van der Waals surface area (Å²) in [4.78, 5) is 12.3. The number of carbonyl (C=O) groups excluding carboxylic acids is 1. The molecule has 0 fully saturated rings. The summed E-state index contributed by atoms with van der Waals surface area (Å²) in [6.07, 6.45) is 0. The number of aromatic nitrogens is 3. The van der Waals surface area contributed by atoms with Gasteiger partial charge in [0.2, 0.25) is 5.91 Å². The van der Waals surface area contributed by atoms with Crippen molar-refractivity contribution in [1.29, 1.82) is 0 Å². The lowest BCUT2D eigenvalue weighted by molar-refractivity contribution is -0.113. The molecule has 32 heavy (non-hydrogen) atoms. The third-order valence-electron chi connectivity index (χ3n) is 4.37. The molecule has 10 heteroatoms. The molecule has 0 aliphatic rings. The van der Waals surface area contributed by atoms with E-state index in [0.717, 1.165) is 23.9 Å². The Morgan fingerprint density at radius 2 is 1.59 bits per heavy atom. The lowest BCUT2D eigenvalue weighted by atomic mass is 10.2. The number of anilines is 1. The Bertz CT molecular complexity index is 1280. The lowest BCUT2D eigenvalue weighted by Gasteiger charge is -2.11. The van der Waals surface area contributed by atoms with Crippen molar-refractivity contribution in [3.05, 3.63) is 90.0 Å². The van der Waals surface area contributed by atoms with Crippen LogP contribution in [0.25, 0.3) is 17.1 Å². The van der Waals surface area contributed by atoms with Crippen LogP contribution in [0, 0.1) is 23.3 Å². The van der Waals surface area contributed by atoms with Gasteiger partial charge in [0.25, 0.3) is 0 Å². The molecule has 1 amide bonds. The van der Waals surface area contributed by atoms with E-state index in [4.69, 9.17) is 0 Å². The Labute approximate surface area is 184 Å². The topological polar surface area (TPSA) is 59.8 Å². The van der Waals surface area contributed by atoms with E-state index in [9.17, 15) is 22.4 Å². The number of nitrogens with one attached hydrogen (secondary N) is 1. The third kappa shape index (κ3) is 4.65. The van der Waals surface area contributed by atoms with E-state index in [-0.39, 0.29) is 28.0 Å². The predicted molar refractivity (Wildman–Crippen MR) is 112 cm³/mol. The average Bonchev–Trinajstić information content (AvgIpc) is 3.19. The maximum absolute atomic E-state index is 14.4. The molecule has 0 aliphatic carbocycles. The molecule has 1 aromatic heterocycles. The highest BCUT2D eigenvalue weighted by Crippen LogP contribution is 2.29. The maximum Gasteiger partial charge on any atom is 0.234 e. The first-order valence-electron chi connectivity index (χ1n) is 9.26. The highest BCUT2D eigenvalue weighted by molar-refractivity contribution is 7.99. The average molecular weight is 458 g/mol. The summed E-state index contributed by atoms with van der Waals surface area (Å²) in [7, 11) is 0. The van der Waals surface area contributed by atoms with Crippen molar-refractivity contribution in [1.82, 2.24) is 14.8 Å². The van der Waals surface area contributed by atoms with Crippen LogP contribution in [0.15, 0.2) is 71.9 Å². The molecule has 4 aromatic rings. The zero-order valence-electron chi connectivity index (χ0n) is 16.2. The van der Waals surface area contributed by atoms with Gasteiger partial charge in [-0.15, -0.1) is 10.2 Å². The van der Waals surface area contributed by atoms with Gasteiger partial charge in [-0.25, -0.2) is 17.6 Å². The van der Waals surface area contributed by atoms with E-state index >= 15 is 0 Å². The smallest absolute Gasteiger partial charge is 0.234 e. The maximum atomic E-state index is 14.4. The van der Waals surface area contributed by atoms with Gasteiger partial charge in [0.1, 0.15) is 23.3 Å². The number of hydrogen-bond donors (Lipinski definition) is 1. The standard InChI is InChI=1S/C22H14F4N4OS/c23-13-5-8-15(9-6-13)30-21(16-3-1-2-4-17(16)25)28-29-22(30)32-12-20(31)27-19-10-7-14(24)11-18(19)26/h1-11H,12H2,(H,27,31). The van der Waals surface area contributed by atoms with Crippen LogP contribution < -0.4 is 5.32 Å². The van der Waals surface area contributed by atoms with Crippen LogP contribution in [-0.4, -0.2) is 26.4 Å². The minimum atomic E-state index is -0.903. The van der Waals surface area contributed by atoms with Crippen LogP contribution in [0.2, 0.25) is 0 Å². The molecule has 0 atom stereocenters. The van der Waals surface area contributed by atoms with E-state index < -0.39 is 29.2 Å². The predicted octanol–water partition coefficient (Wildman–Crippen LogP) is 5.22. The van der Waals surface area contributed by atoms with Gasteiger partial charge in [-0.05, 0) is 48.5 Å². The SMILES string of the molecule is O=C(CSc1nnc(-c2ccccc2F)n1-c1ccc(F)cc1)Nc1ccc(F)cc1F. The van der Waals surface area contributed by atoms with E-state index in [1.165, 1.54) is 47.0 Å². The zero-order chi connectivity index (χ0) is 22.7. The molecule has 0 unspecified atom stereocenters. The molecule has 0 bridgehead atoms. The lowest BCUT2D eigenvalue weighted by Crippen LogP contribution is -2.15. The number of nitrogens with zero attached hydrogens (tertiary/aromatic N) is 3. The summed E-state index contributed by atoms with van der Waals surface area (Å²) in [6.45, 7) is 0. The van der Waals surface area contributed by atoms with Crippen LogP contribution in [0.5, 0.6) is 0 Å². The molecule has 0 saturated heterocycles. The number of amides is 1. The second kappa shape index (κ2) is 9.23. The number of rotatable bonds is 6. The number of hydrogen-bond acceptors (Lipinski definition) is 4. The minimum absolute atomic E-state index is 0.163. The second-order valence-corrected chi connectivity index (χ2v) is 7.50. The van der Waals surface area contributed by atoms with Crippen LogP contribution in [0.3, 0.4) is 0 Å². The second-order valence-electron chi connectivity index (χ2n) is 6.56. The monoisotopic (exact) mass is 458 g/mol. The third-order valence-corrected chi connectivity index (χ3v) is 5.30. The van der Waals surface area contributed by atoms with Gasteiger partial charge >= 0.3 is 0 Å². The van der Waals surface area contributed by atoms with Crippen LogP contribution in [0.4, 0.5) is 23.2 Å². The number of halogens is 4. The van der Waals surface area contributed by atoms with Gasteiger partial charge in [0, 0.05) is 11.8 Å². The van der Waals surface area contributed by atoms with Crippen LogP contribution >= 0.6 is 11.8 Å². The van der Waals surface area contributed by atoms with E-state index in [1.54, 1.807) is 6.07 Å². The Balaban J connectivity index is 1.61. The first-order valence-corrected chi connectivity index (χ1v) is 10.2. The van der Waals surface area contributed by atoms with E-state index in [0.29, 0.717) is 11.8 Å². The molecule has 1 N–H and O–H groups in total. The van der Waals surface area contributed by atoms with Gasteiger partial charge in [-0.2, -0.15) is 0 Å². The summed E-state index contributed by atoms with van der Waals surface area (Å²) in [5.74, 6) is -3.23. The van der Waals surface area contributed by atoms with Crippen molar-refractivity contribution in [2.24, 2.45) is 0 Å². The molecule has 0 spiro atoms. The fourth-order valence-corrected chi connectivity index (χ4v) is 3.66. The van der Waals surface area contributed by atoms with E-state index in [2.05, 4.69) is 15.5 Å². The summed E-state index contributed by atoms with van der Waals surface area (Å²) in [6, 6.07) is 14.2. The van der Waals surface area contributed by atoms with Gasteiger partial charge in [-0.3, -0.25) is 9.36 Å². The van der Waals surface area contributed by atoms with Gasteiger partial charge in [0.05, 0.1) is 17.0 Å². The fourth-order valence-electron chi connectivity index (χ4n) is 2.91. The largest absolute Gasteiger partial charge is 0.323 e. The molecule has 4 rings (SSSR count). The van der Waals surface area contributed by atoms with Crippen molar-refractivity contribution >= 4 is 23.4 Å². The normalized spacial score (nSPS) is 10.9. The molecular formula is C22H14F4N4OS. The first-order chi connectivity index (χ1) is 15.4. The molecule has 0 saturated carbocycles. The summed E-state index contributed by atoms with van der Waals surface area (Å²) < 4.78 is 56.1. The molecule has 0 aliphatic heterocycles. The number of carbonyl (C=O) groups is 1. The summed E-state index contributed by atoms with van der Waals surface area (Å²) in [5, 5.41) is 10.7. The van der Waals surface area contributed by atoms with Crippen molar-refractivity contribution in [2.45, 2.75) is 5.16 Å². The minimum Gasteiger partial charge on any atom is -0.323 e. The molecular weight excluding hydrogens is 444 g/mol. The van der Waals surface area contributed by atoms with Gasteiger partial charge in [0.15, 0.2) is 11.0 Å². The van der Waals surface area contributed by atoms with Gasteiger partial charge in [-0.1, -0.05) is 23.9 Å². The van der Waals surface area contributed by atoms with Crippen LogP contribution in [0.1, 0.15) is 0 Å². The van der Waals surface area contributed by atoms with Crippen molar-refractivity contribution < 1.29 is 22.4 Å². The van der Waals surface area contributed by atoms with Crippen LogP contribution in [-0.2, 0) is 4.79 Å². The fraction of sp³-hybridized carbons (Fsp3) is 0.0455. The summed E-state index contributed by atoms with van der Waals surface area (Å²) in [5.41, 5.74) is 0.472. The zero-order valence-corrected chi connectivity index (χ0v) is 17.0. The summed E-state index contributed by atoms with van der Waals surface area (Å²) >= 11 is 0.968. The quantitative estimate of drug-likeness (QED) is 0.318. The van der Waals surface area contributed by atoms with Crippen molar-refractivity contribution in [3.63, 3.8) is 0 Å². The number of benzene rings is 3. The highest BCUT2D eigenvalue weighted by Gasteiger charge is 2.20. The van der Waals surface area contributed by atoms with Crippen molar-refractivity contribution in [2.75, 3.05) is 11.1 Å². The number of thioether (sulfide) groups is 1. The first kappa shape index (κ1) is 21.6. The Hall–Kier alpha value is -3.66. The molecule has 162 valence electrons. The van der Waals surface area contributed by atoms with E-state index in [1.807, 2.05) is 0 Å². The van der Waals surface area contributed by atoms with Crippen molar-refractivity contribution in [3.8, 4) is 17.1 Å². The molecule has 0 radical (unpaired) electrons.